The zero-order valence-corrected chi connectivity index (χ0v) is 18.3. The highest BCUT2D eigenvalue weighted by molar-refractivity contribution is 7.92. The average Bonchev–Trinajstić information content (AvgIpc) is 3.17. The van der Waals surface area contributed by atoms with Crippen molar-refractivity contribution in [1.29, 1.82) is 0 Å². The quantitative estimate of drug-likeness (QED) is 0.445. The number of aromatic nitrogens is 4. The van der Waals surface area contributed by atoms with Gasteiger partial charge < -0.3 is 5.32 Å². The fraction of sp³-hybridized carbons (Fsp3) is 0.0476. The van der Waals surface area contributed by atoms with E-state index in [1.807, 2.05) is 30.3 Å². The van der Waals surface area contributed by atoms with E-state index >= 15 is 0 Å². The highest BCUT2D eigenvalue weighted by Crippen LogP contribution is 2.19. The summed E-state index contributed by atoms with van der Waals surface area (Å²) >= 11 is 5.65. The van der Waals surface area contributed by atoms with Crippen LogP contribution in [0.3, 0.4) is 0 Å². The Labute approximate surface area is 189 Å². The van der Waals surface area contributed by atoms with Crippen molar-refractivity contribution < 1.29 is 13.2 Å². The zero-order chi connectivity index (χ0) is 22.7. The summed E-state index contributed by atoms with van der Waals surface area (Å²) in [5, 5.41) is 14.5. The van der Waals surface area contributed by atoms with Crippen molar-refractivity contribution in [2.75, 3.05) is 10.0 Å². The first-order valence-electron chi connectivity index (χ1n) is 9.37. The summed E-state index contributed by atoms with van der Waals surface area (Å²) in [6.45, 7) is 1.80. The van der Waals surface area contributed by atoms with Gasteiger partial charge in [-0.25, -0.2) is 13.1 Å². The third kappa shape index (κ3) is 4.61. The molecule has 0 aliphatic carbocycles. The second-order valence-corrected chi connectivity index (χ2v) is 8.79. The molecule has 2 heterocycles. The molecular formula is C21H17ClN6O3S. The fourth-order valence-electron chi connectivity index (χ4n) is 2.94. The van der Waals surface area contributed by atoms with E-state index < -0.39 is 10.0 Å². The van der Waals surface area contributed by atoms with Crippen LogP contribution in [0.2, 0.25) is 5.15 Å². The molecule has 0 fully saturated rings. The summed E-state index contributed by atoms with van der Waals surface area (Å²) in [4.78, 5) is 12.7. The monoisotopic (exact) mass is 468 g/mol. The van der Waals surface area contributed by atoms with Gasteiger partial charge in [-0.05, 0) is 55.5 Å². The molecule has 1 amide bonds. The number of carbonyl (C=O) groups is 1. The van der Waals surface area contributed by atoms with Crippen molar-refractivity contribution in [3.63, 3.8) is 0 Å². The van der Waals surface area contributed by atoms with Crippen molar-refractivity contribution in [2.45, 2.75) is 11.8 Å². The SMILES string of the molecule is Cc1c(C(=O)Nc2ccc(S(=O)(=O)Nc3ccc(Cl)nn3)cc2)cnn1-c1ccccc1. The van der Waals surface area contributed by atoms with E-state index in [9.17, 15) is 13.2 Å². The van der Waals surface area contributed by atoms with E-state index in [-0.39, 0.29) is 21.8 Å². The zero-order valence-electron chi connectivity index (χ0n) is 16.7. The lowest BCUT2D eigenvalue weighted by atomic mass is 10.2. The Kier molecular flexibility index (Phi) is 5.89. The molecule has 11 heteroatoms. The number of para-hydroxylation sites is 1. The maximum absolute atomic E-state index is 12.7. The standard InChI is InChI=1S/C21H17ClN6O3S/c1-14-18(13-23-28(14)16-5-3-2-4-6-16)21(29)24-15-7-9-17(10-8-15)32(30,31)27-20-12-11-19(22)25-26-20/h2-13H,1H3,(H,24,29)(H,26,27). The second-order valence-electron chi connectivity index (χ2n) is 6.72. The van der Waals surface area contributed by atoms with Gasteiger partial charge in [0.2, 0.25) is 0 Å². The topological polar surface area (TPSA) is 119 Å². The normalized spacial score (nSPS) is 11.2. The van der Waals surface area contributed by atoms with Crippen molar-refractivity contribution in [3.8, 4) is 5.69 Å². The van der Waals surface area contributed by atoms with Gasteiger partial charge in [0, 0.05) is 5.69 Å². The molecule has 9 nitrogen and oxygen atoms in total. The Balaban J connectivity index is 1.47. The van der Waals surface area contributed by atoms with Crippen LogP contribution < -0.4 is 10.0 Å². The molecule has 0 unspecified atom stereocenters. The molecule has 0 atom stereocenters. The third-order valence-electron chi connectivity index (χ3n) is 4.55. The largest absolute Gasteiger partial charge is 0.322 e. The van der Waals surface area contributed by atoms with Crippen LogP contribution in [0.5, 0.6) is 0 Å². The second kappa shape index (κ2) is 8.77. The Bertz CT molecular complexity index is 1360. The lowest BCUT2D eigenvalue weighted by molar-refractivity contribution is 0.102. The molecule has 32 heavy (non-hydrogen) atoms. The highest BCUT2D eigenvalue weighted by Gasteiger charge is 2.17. The summed E-state index contributed by atoms with van der Waals surface area (Å²) in [6, 6.07) is 18.0. The van der Waals surface area contributed by atoms with Crippen molar-refractivity contribution in [1.82, 2.24) is 20.0 Å². The molecule has 0 aliphatic heterocycles. The highest BCUT2D eigenvalue weighted by atomic mass is 35.5. The number of hydrogen-bond acceptors (Lipinski definition) is 6. The van der Waals surface area contributed by atoms with Crippen LogP contribution in [-0.4, -0.2) is 34.3 Å². The molecule has 162 valence electrons. The van der Waals surface area contributed by atoms with Crippen molar-refractivity contribution in [3.05, 3.63) is 89.3 Å². The first-order valence-corrected chi connectivity index (χ1v) is 11.2. The van der Waals surface area contributed by atoms with Gasteiger partial charge in [0.25, 0.3) is 15.9 Å². The molecule has 2 aromatic carbocycles. The predicted molar refractivity (Wildman–Crippen MR) is 121 cm³/mol. The van der Waals surface area contributed by atoms with Crippen LogP contribution in [-0.2, 0) is 10.0 Å². The summed E-state index contributed by atoms with van der Waals surface area (Å²) < 4.78 is 29.0. The molecule has 2 aromatic heterocycles. The number of nitrogens with zero attached hydrogens (tertiary/aromatic N) is 4. The molecule has 0 saturated heterocycles. The van der Waals surface area contributed by atoms with Crippen LogP contribution in [0, 0.1) is 6.92 Å². The summed E-state index contributed by atoms with van der Waals surface area (Å²) in [6.07, 6.45) is 1.49. The van der Waals surface area contributed by atoms with E-state index in [1.165, 1.54) is 42.6 Å². The minimum Gasteiger partial charge on any atom is -0.322 e. The molecule has 2 N–H and O–H groups in total. The fourth-order valence-corrected chi connectivity index (χ4v) is 4.04. The Morgan fingerprint density at radius 1 is 0.969 bits per heavy atom. The number of anilines is 2. The van der Waals surface area contributed by atoms with Crippen LogP contribution >= 0.6 is 11.6 Å². The van der Waals surface area contributed by atoms with Gasteiger partial charge in [0.05, 0.1) is 28.0 Å². The number of nitrogens with one attached hydrogen (secondary N) is 2. The number of carbonyl (C=O) groups excluding carboxylic acids is 1. The molecule has 0 bridgehead atoms. The number of hydrogen-bond donors (Lipinski definition) is 2. The third-order valence-corrected chi connectivity index (χ3v) is 6.12. The number of benzene rings is 2. The smallest absolute Gasteiger partial charge is 0.263 e. The molecule has 0 aliphatic rings. The van der Waals surface area contributed by atoms with E-state index in [0.717, 1.165) is 5.69 Å². The van der Waals surface area contributed by atoms with E-state index in [0.29, 0.717) is 16.9 Å². The van der Waals surface area contributed by atoms with Crippen molar-refractivity contribution in [2.24, 2.45) is 0 Å². The average molecular weight is 469 g/mol. The van der Waals surface area contributed by atoms with Crippen LogP contribution in [0.1, 0.15) is 16.1 Å². The number of amides is 1. The Morgan fingerprint density at radius 2 is 1.69 bits per heavy atom. The van der Waals surface area contributed by atoms with Crippen molar-refractivity contribution >= 4 is 39.0 Å². The maximum atomic E-state index is 12.7. The number of sulfonamides is 1. The van der Waals surface area contributed by atoms with Gasteiger partial charge >= 0.3 is 0 Å². The van der Waals surface area contributed by atoms with Crippen LogP contribution in [0.4, 0.5) is 11.5 Å². The molecule has 0 saturated carbocycles. The van der Waals surface area contributed by atoms with E-state index in [4.69, 9.17) is 11.6 Å². The first-order chi connectivity index (χ1) is 15.3. The molecule has 0 radical (unpaired) electrons. The molecular weight excluding hydrogens is 452 g/mol. The van der Waals surface area contributed by atoms with Crippen LogP contribution in [0.25, 0.3) is 5.69 Å². The summed E-state index contributed by atoms with van der Waals surface area (Å²) in [5.74, 6) is -0.312. The Hall–Kier alpha value is -3.76. The number of halogens is 1. The summed E-state index contributed by atoms with van der Waals surface area (Å²) in [5.41, 5.74) is 2.37. The van der Waals surface area contributed by atoms with E-state index in [2.05, 4.69) is 25.3 Å². The Morgan fingerprint density at radius 3 is 2.34 bits per heavy atom. The summed E-state index contributed by atoms with van der Waals surface area (Å²) in [7, 11) is -3.88. The predicted octanol–water partition coefficient (Wildman–Crippen LogP) is 3.68. The van der Waals surface area contributed by atoms with Gasteiger partial charge in [-0.15, -0.1) is 10.2 Å². The van der Waals surface area contributed by atoms with Gasteiger partial charge in [0.15, 0.2) is 11.0 Å². The van der Waals surface area contributed by atoms with Gasteiger partial charge in [-0.3, -0.25) is 9.52 Å². The van der Waals surface area contributed by atoms with Gasteiger partial charge in [-0.1, -0.05) is 29.8 Å². The molecule has 4 aromatic rings. The molecule has 0 spiro atoms. The lowest BCUT2D eigenvalue weighted by Gasteiger charge is -2.09. The van der Waals surface area contributed by atoms with Gasteiger partial charge in [0.1, 0.15) is 0 Å². The lowest BCUT2D eigenvalue weighted by Crippen LogP contribution is -2.15. The minimum absolute atomic E-state index is 0.000303. The van der Waals surface area contributed by atoms with Gasteiger partial charge in [-0.2, -0.15) is 5.10 Å². The van der Waals surface area contributed by atoms with E-state index in [1.54, 1.807) is 11.6 Å². The first kappa shape index (κ1) is 21.5. The van der Waals surface area contributed by atoms with Crippen LogP contribution in [0.15, 0.2) is 77.8 Å². The minimum atomic E-state index is -3.88. The maximum Gasteiger partial charge on any atom is 0.263 e. The molecule has 4 rings (SSSR count). The number of rotatable bonds is 6.